The summed E-state index contributed by atoms with van der Waals surface area (Å²) >= 11 is 0. The van der Waals surface area contributed by atoms with Gasteiger partial charge in [0.2, 0.25) is 0 Å². The molecule has 0 unspecified atom stereocenters. The fourth-order valence-electron chi connectivity index (χ4n) is 1.51. The smallest absolute Gasteiger partial charge is 0.323 e. The van der Waals surface area contributed by atoms with Crippen LogP contribution in [0.5, 0.6) is 0 Å². The van der Waals surface area contributed by atoms with Crippen LogP contribution in [0.2, 0.25) is 0 Å². The highest BCUT2D eigenvalue weighted by molar-refractivity contribution is 5.75. The molecule has 1 aromatic rings. The molecule has 0 fully saturated rings. The molecule has 1 aromatic heterocycles. The van der Waals surface area contributed by atoms with Crippen molar-refractivity contribution in [2.75, 3.05) is 7.11 Å². The van der Waals surface area contributed by atoms with Crippen LogP contribution in [0.4, 0.5) is 0 Å². The summed E-state index contributed by atoms with van der Waals surface area (Å²) in [5.41, 5.74) is 0.999. The van der Waals surface area contributed by atoms with Crippen LogP contribution in [0.3, 0.4) is 0 Å². The van der Waals surface area contributed by atoms with Crippen LogP contribution in [-0.4, -0.2) is 28.9 Å². The second-order valence-corrected chi connectivity index (χ2v) is 4.14. The Morgan fingerprint density at radius 1 is 1.71 bits per heavy atom. The van der Waals surface area contributed by atoms with E-state index >= 15 is 0 Å². The van der Waals surface area contributed by atoms with E-state index in [1.807, 2.05) is 20.0 Å². The molecule has 1 heterocycles. The van der Waals surface area contributed by atoms with Crippen molar-refractivity contribution in [3.63, 3.8) is 0 Å². The molecule has 0 radical (unpaired) electrons. The highest BCUT2D eigenvalue weighted by Crippen LogP contribution is 2.05. The van der Waals surface area contributed by atoms with E-state index in [9.17, 15) is 4.79 Å². The maximum absolute atomic E-state index is 11.5. The number of carbonyl (C=O) groups is 1. The highest BCUT2D eigenvalue weighted by atomic mass is 16.5. The molecular formula is C12H19N3O2. The molecule has 1 rings (SSSR count). The molecule has 0 aliphatic rings. The zero-order valence-corrected chi connectivity index (χ0v) is 10.5. The molecule has 0 aromatic carbocycles. The fourth-order valence-corrected chi connectivity index (χ4v) is 1.51. The minimum Gasteiger partial charge on any atom is -0.468 e. The Hall–Kier alpha value is -1.62. The molecule has 0 saturated carbocycles. The minimum absolute atomic E-state index is 0.178. The average Bonchev–Trinajstić information content (AvgIpc) is 2.76. The van der Waals surface area contributed by atoms with Crippen LogP contribution in [0.25, 0.3) is 6.20 Å². The first-order valence-electron chi connectivity index (χ1n) is 5.55. The number of esters is 1. The normalized spacial score (nSPS) is 12.5. The fraction of sp³-hybridized carbons (Fsp3) is 0.500. The summed E-state index contributed by atoms with van der Waals surface area (Å²) in [5.74, 6) is -0.0620. The third-order valence-electron chi connectivity index (χ3n) is 2.49. The first-order valence-corrected chi connectivity index (χ1v) is 5.55. The number of nitrogens with one attached hydrogen (secondary N) is 1. The lowest BCUT2D eigenvalue weighted by Crippen LogP contribution is -2.41. The van der Waals surface area contributed by atoms with Gasteiger partial charge in [0.15, 0.2) is 0 Å². The van der Waals surface area contributed by atoms with Crippen LogP contribution in [0.15, 0.2) is 19.0 Å². The van der Waals surface area contributed by atoms with E-state index in [2.05, 4.69) is 17.0 Å². The molecule has 0 aliphatic carbocycles. The van der Waals surface area contributed by atoms with Crippen molar-refractivity contribution in [3.8, 4) is 0 Å². The van der Waals surface area contributed by atoms with Crippen LogP contribution in [-0.2, 0) is 16.1 Å². The van der Waals surface area contributed by atoms with Crippen molar-refractivity contribution in [1.82, 2.24) is 15.1 Å². The summed E-state index contributed by atoms with van der Waals surface area (Å²) in [6.45, 7) is 8.14. The molecule has 1 N–H and O–H groups in total. The topological polar surface area (TPSA) is 56.2 Å². The van der Waals surface area contributed by atoms with Crippen molar-refractivity contribution in [1.29, 1.82) is 0 Å². The number of hydrogen-bond donors (Lipinski definition) is 1. The van der Waals surface area contributed by atoms with E-state index in [0.717, 1.165) is 5.56 Å². The molecule has 94 valence electrons. The predicted octanol–water partition coefficient (Wildman–Crippen LogP) is 1.27. The Kier molecular flexibility index (Phi) is 4.90. The van der Waals surface area contributed by atoms with E-state index in [1.165, 1.54) is 7.11 Å². The van der Waals surface area contributed by atoms with Gasteiger partial charge >= 0.3 is 5.97 Å². The molecular weight excluding hydrogens is 218 g/mol. The van der Waals surface area contributed by atoms with E-state index in [1.54, 1.807) is 17.1 Å². The largest absolute Gasteiger partial charge is 0.468 e. The molecule has 0 bridgehead atoms. The second-order valence-electron chi connectivity index (χ2n) is 4.14. The highest BCUT2D eigenvalue weighted by Gasteiger charge is 2.22. The lowest BCUT2D eigenvalue weighted by atomic mass is 10.0. The van der Waals surface area contributed by atoms with Crippen molar-refractivity contribution < 1.29 is 9.53 Å². The maximum atomic E-state index is 11.5. The van der Waals surface area contributed by atoms with Gasteiger partial charge in [-0.3, -0.25) is 10.1 Å². The zero-order valence-electron chi connectivity index (χ0n) is 10.5. The van der Waals surface area contributed by atoms with E-state index in [0.29, 0.717) is 6.54 Å². The minimum atomic E-state index is -0.299. The van der Waals surface area contributed by atoms with Crippen molar-refractivity contribution in [2.45, 2.75) is 26.4 Å². The molecule has 0 saturated heterocycles. The summed E-state index contributed by atoms with van der Waals surface area (Å²) in [7, 11) is 1.40. The molecule has 1 atom stereocenters. The van der Waals surface area contributed by atoms with Crippen LogP contribution < -0.4 is 5.32 Å². The number of aromatic nitrogens is 2. The number of ether oxygens (including phenoxy) is 1. The summed E-state index contributed by atoms with van der Waals surface area (Å²) in [5, 5.41) is 7.23. The summed E-state index contributed by atoms with van der Waals surface area (Å²) in [4.78, 5) is 11.5. The van der Waals surface area contributed by atoms with Crippen LogP contribution in [0, 0.1) is 5.92 Å². The first-order chi connectivity index (χ1) is 8.08. The monoisotopic (exact) mass is 237 g/mol. The summed E-state index contributed by atoms with van der Waals surface area (Å²) in [6, 6.07) is -0.299. The van der Waals surface area contributed by atoms with E-state index < -0.39 is 0 Å². The maximum Gasteiger partial charge on any atom is 0.323 e. The van der Waals surface area contributed by atoms with Gasteiger partial charge in [0, 0.05) is 24.5 Å². The summed E-state index contributed by atoms with van der Waals surface area (Å²) in [6.07, 6.45) is 5.21. The molecule has 5 heteroatoms. The third-order valence-corrected chi connectivity index (χ3v) is 2.49. The van der Waals surface area contributed by atoms with Gasteiger partial charge in [0.25, 0.3) is 0 Å². The Labute approximate surface area is 101 Å². The van der Waals surface area contributed by atoms with Crippen molar-refractivity contribution in [2.24, 2.45) is 5.92 Å². The van der Waals surface area contributed by atoms with Crippen molar-refractivity contribution >= 4 is 12.2 Å². The second kappa shape index (κ2) is 6.20. The van der Waals surface area contributed by atoms with Gasteiger partial charge in [-0.05, 0) is 5.92 Å². The van der Waals surface area contributed by atoms with Gasteiger partial charge in [-0.25, -0.2) is 4.68 Å². The van der Waals surface area contributed by atoms with Gasteiger partial charge in [-0.15, -0.1) is 0 Å². The lowest BCUT2D eigenvalue weighted by Gasteiger charge is -2.19. The number of methoxy groups -OCH3 is 1. The van der Waals surface area contributed by atoms with Gasteiger partial charge in [-0.1, -0.05) is 20.4 Å². The summed E-state index contributed by atoms with van der Waals surface area (Å²) < 4.78 is 6.37. The number of rotatable bonds is 6. The Bertz CT molecular complexity index is 385. The molecule has 0 aliphatic heterocycles. The van der Waals surface area contributed by atoms with Gasteiger partial charge in [0.05, 0.1) is 13.3 Å². The average molecular weight is 237 g/mol. The first kappa shape index (κ1) is 13.4. The molecule has 0 amide bonds. The Morgan fingerprint density at radius 2 is 2.41 bits per heavy atom. The van der Waals surface area contributed by atoms with Gasteiger partial charge in [-0.2, -0.15) is 5.10 Å². The van der Waals surface area contributed by atoms with Crippen LogP contribution >= 0.6 is 0 Å². The zero-order chi connectivity index (χ0) is 12.8. The van der Waals surface area contributed by atoms with Gasteiger partial charge < -0.3 is 4.74 Å². The number of nitrogens with zero attached hydrogens (tertiary/aromatic N) is 2. The van der Waals surface area contributed by atoms with Gasteiger partial charge in [0.1, 0.15) is 6.04 Å². The molecule has 17 heavy (non-hydrogen) atoms. The third kappa shape index (κ3) is 3.71. The van der Waals surface area contributed by atoms with Crippen LogP contribution in [0.1, 0.15) is 19.4 Å². The number of carbonyl (C=O) groups excluding carboxylic acids is 1. The standard InChI is InChI=1S/C12H19N3O2/c1-5-15-8-10(7-14-15)6-13-11(9(2)3)12(16)17-4/h5,7-9,11,13H,1,6H2,2-4H3/t11-/m0/s1. The Balaban J connectivity index is 2.57. The van der Waals surface area contributed by atoms with E-state index in [-0.39, 0.29) is 17.9 Å². The quantitative estimate of drug-likeness (QED) is 0.757. The SMILES string of the molecule is C=Cn1cc(CN[C@H](C(=O)OC)C(C)C)cn1. The lowest BCUT2D eigenvalue weighted by molar-refractivity contribution is -0.144. The van der Waals surface area contributed by atoms with E-state index in [4.69, 9.17) is 4.74 Å². The molecule has 5 nitrogen and oxygen atoms in total. The molecule has 0 spiro atoms. The predicted molar refractivity (Wildman–Crippen MR) is 66.1 cm³/mol. The Morgan fingerprint density at radius 3 is 2.88 bits per heavy atom. The van der Waals surface area contributed by atoms with Crippen molar-refractivity contribution in [3.05, 3.63) is 24.5 Å². The number of hydrogen-bond acceptors (Lipinski definition) is 4.